The number of hydrogen-bond donors (Lipinski definition) is 2. The van der Waals surface area contributed by atoms with Crippen LogP contribution in [0.25, 0.3) is 0 Å². The zero-order valence-electron chi connectivity index (χ0n) is 10.9. The maximum Gasteiger partial charge on any atom is 0.400 e. The van der Waals surface area contributed by atoms with Crippen LogP contribution in [0.1, 0.15) is 18.9 Å². The van der Waals surface area contributed by atoms with Crippen LogP contribution in [0.4, 0.5) is 18.9 Å². The van der Waals surface area contributed by atoms with Gasteiger partial charge in [0, 0.05) is 11.3 Å². The number of nitrogens with zero attached hydrogens (tertiary/aromatic N) is 1. The summed E-state index contributed by atoms with van der Waals surface area (Å²) in [6.07, 6.45) is -4.19. The minimum Gasteiger partial charge on any atom is -0.324 e. The predicted molar refractivity (Wildman–Crippen MR) is 68.2 cm³/mol. The molecule has 1 atom stereocenters. The molecule has 1 aliphatic rings. The molecule has 2 rings (SSSR count). The van der Waals surface area contributed by atoms with Crippen LogP contribution in [0.2, 0.25) is 0 Å². The molecule has 1 aromatic carbocycles. The average molecular weight is 272 g/mol. The molecule has 0 spiro atoms. The van der Waals surface area contributed by atoms with Crippen molar-refractivity contribution >= 4 is 11.4 Å². The van der Waals surface area contributed by atoms with Gasteiger partial charge in [0.25, 0.3) is 0 Å². The first-order chi connectivity index (χ1) is 8.77. The quantitative estimate of drug-likeness (QED) is 0.493. The van der Waals surface area contributed by atoms with Crippen LogP contribution in [0.3, 0.4) is 0 Å². The van der Waals surface area contributed by atoms with Crippen molar-refractivity contribution in [3.05, 3.63) is 29.8 Å². The van der Waals surface area contributed by atoms with Gasteiger partial charge < -0.3 is 5.43 Å². The van der Waals surface area contributed by atoms with Crippen LogP contribution in [0.15, 0.2) is 24.3 Å². The molecule has 3 nitrogen and oxygen atoms in total. The van der Waals surface area contributed by atoms with Crippen LogP contribution in [-0.2, 0) is 0 Å². The number of nitrogens with two attached hydrogens (primary N) is 1. The second kappa shape index (κ2) is 4.52. The maximum absolute atomic E-state index is 13.1. The van der Waals surface area contributed by atoms with Crippen molar-refractivity contribution in [2.24, 2.45) is 11.3 Å². The minimum atomic E-state index is -4.19. The summed E-state index contributed by atoms with van der Waals surface area (Å²) in [4.78, 5) is 0. The van der Waals surface area contributed by atoms with Gasteiger partial charge in [-0.2, -0.15) is 13.2 Å². The molecule has 1 unspecified atom stereocenters. The van der Waals surface area contributed by atoms with E-state index >= 15 is 0 Å². The lowest BCUT2D eigenvalue weighted by molar-refractivity contribution is -0.508. The van der Waals surface area contributed by atoms with Crippen molar-refractivity contribution < 1.29 is 17.7 Å². The lowest BCUT2D eigenvalue weighted by atomic mass is 9.85. The van der Waals surface area contributed by atoms with E-state index in [1.165, 1.54) is 6.92 Å². The third-order valence-corrected chi connectivity index (χ3v) is 3.67. The number of nitrogen functional groups attached to an aromatic ring is 1. The fourth-order valence-corrected chi connectivity index (χ4v) is 2.45. The van der Waals surface area contributed by atoms with Crippen molar-refractivity contribution in [1.29, 1.82) is 0 Å². The molecule has 0 amide bonds. The summed E-state index contributed by atoms with van der Waals surface area (Å²) in [6, 6.07) is 7.06. The molecular weight excluding hydrogens is 255 g/mol. The zero-order valence-corrected chi connectivity index (χ0v) is 10.9. The van der Waals surface area contributed by atoms with Crippen LogP contribution < -0.4 is 11.3 Å². The van der Waals surface area contributed by atoms with Gasteiger partial charge in [-0.3, -0.25) is 5.84 Å². The van der Waals surface area contributed by atoms with Crippen LogP contribution in [0, 0.1) is 5.41 Å². The minimum absolute atomic E-state index is 0.00238. The molecule has 104 valence electrons. The Morgan fingerprint density at radius 3 is 2.26 bits per heavy atom. The summed E-state index contributed by atoms with van der Waals surface area (Å²) in [5.41, 5.74) is 3.05. The first-order valence-corrected chi connectivity index (χ1v) is 5.97. The first-order valence-electron chi connectivity index (χ1n) is 5.97. The molecule has 1 aliphatic heterocycles. The maximum atomic E-state index is 13.1. The normalized spacial score (nSPS) is 23.9. The molecule has 0 aromatic heterocycles. The van der Waals surface area contributed by atoms with E-state index in [-0.39, 0.29) is 13.0 Å². The SMILES string of the molecule is C[N+]1=C(c2ccc(NN)cc2)CC(C)(C(F)(F)F)C1. The second-order valence-electron chi connectivity index (χ2n) is 5.26. The van der Waals surface area contributed by atoms with E-state index in [1.54, 1.807) is 35.9 Å². The number of benzene rings is 1. The lowest BCUT2D eigenvalue weighted by Crippen LogP contribution is -2.37. The highest BCUT2D eigenvalue weighted by molar-refractivity contribution is 5.98. The summed E-state index contributed by atoms with van der Waals surface area (Å²) >= 11 is 0. The van der Waals surface area contributed by atoms with Crippen LogP contribution >= 0.6 is 0 Å². The number of rotatable bonds is 2. The first kappa shape index (κ1) is 13.9. The van der Waals surface area contributed by atoms with Crippen LogP contribution in [-0.4, -0.2) is 30.1 Å². The third kappa shape index (κ3) is 2.45. The average Bonchev–Trinajstić information content (AvgIpc) is 2.66. The van der Waals surface area contributed by atoms with E-state index in [1.807, 2.05) is 0 Å². The van der Waals surface area contributed by atoms with E-state index in [9.17, 15) is 13.2 Å². The Bertz CT molecular complexity index is 505. The Labute approximate surface area is 109 Å². The highest BCUT2D eigenvalue weighted by Gasteiger charge is 2.58. The molecule has 3 N–H and O–H groups in total. The van der Waals surface area contributed by atoms with Crippen molar-refractivity contribution in [1.82, 2.24) is 0 Å². The molecule has 0 bridgehead atoms. The van der Waals surface area contributed by atoms with Crippen molar-refractivity contribution in [2.75, 3.05) is 19.0 Å². The summed E-state index contributed by atoms with van der Waals surface area (Å²) < 4.78 is 40.9. The van der Waals surface area contributed by atoms with Crippen molar-refractivity contribution in [3.63, 3.8) is 0 Å². The Kier molecular flexibility index (Phi) is 3.30. The predicted octanol–water partition coefficient (Wildman–Crippen LogP) is 2.38. The standard InChI is InChI=1S/C13H16F3N3/c1-12(13(14,15)16)7-11(19(2)8-12)9-3-5-10(18-17)6-4-9/h3-6H,7-8,17H2,1-2H3/p+1. The van der Waals surface area contributed by atoms with Crippen molar-refractivity contribution in [3.8, 4) is 0 Å². The number of nitrogens with one attached hydrogen (secondary N) is 1. The molecule has 0 radical (unpaired) electrons. The Balaban J connectivity index is 2.28. The number of anilines is 1. The lowest BCUT2D eigenvalue weighted by Gasteiger charge is -2.23. The van der Waals surface area contributed by atoms with E-state index in [0.717, 1.165) is 11.3 Å². The summed E-state index contributed by atoms with van der Waals surface area (Å²) in [5.74, 6) is 5.26. The summed E-state index contributed by atoms with van der Waals surface area (Å²) in [7, 11) is 1.70. The van der Waals surface area contributed by atoms with Gasteiger partial charge in [0.15, 0.2) is 12.3 Å². The Morgan fingerprint density at radius 2 is 1.84 bits per heavy atom. The molecule has 0 aliphatic carbocycles. The molecular formula is C13H17F3N3+. The Hall–Kier alpha value is -1.56. The summed E-state index contributed by atoms with van der Waals surface area (Å²) in [5, 5.41) is 0. The van der Waals surface area contributed by atoms with E-state index in [2.05, 4.69) is 5.43 Å². The summed E-state index contributed by atoms with van der Waals surface area (Å²) in [6.45, 7) is 1.26. The molecule has 19 heavy (non-hydrogen) atoms. The van der Waals surface area contributed by atoms with E-state index < -0.39 is 11.6 Å². The van der Waals surface area contributed by atoms with Gasteiger partial charge in [-0.05, 0) is 31.2 Å². The van der Waals surface area contributed by atoms with Gasteiger partial charge in [0.1, 0.15) is 12.5 Å². The number of halogens is 3. The highest BCUT2D eigenvalue weighted by atomic mass is 19.4. The zero-order chi connectivity index (χ0) is 14.3. The largest absolute Gasteiger partial charge is 0.400 e. The van der Waals surface area contributed by atoms with Gasteiger partial charge in [-0.15, -0.1) is 0 Å². The molecule has 0 saturated carbocycles. The topological polar surface area (TPSA) is 41.1 Å². The number of alkyl halides is 3. The molecule has 6 heteroatoms. The van der Waals surface area contributed by atoms with Gasteiger partial charge in [0.2, 0.25) is 0 Å². The fraction of sp³-hybridized carbons (Fsp3) is 0.462. The third-order valence-electron chi connectivity index (χ3n) is 3.67. The van der Waals surface area contributed by atoms with E-state index in [0.29, 0.717) is 5.71 Å². The molecule has 1 heterocycles. The van der Waals surface area contributed by atoms with Gasteiger partial charge in [-0.1, -0.05) is 0 Å². The molecule has 0 fully saturated rings. The molecule has 0 saturated heterocycles. The van der Waals surface area contributed by atoms with Crippen LogP contribution in [0.5, 0.6) is 0 Å². The van der Waals surface area contributed by atoms with E-state index in [4.69, 9.17) is 5.84 Å². The fourth-order valence-electron chi connectivity index (χ4n) is 2.45. The highest BCUT2D eigenvalue weighted by Crippen LogP contribution is 2.44. The van der Waals surface area contributed by atoms with Crippen molar-refractivity contribution in [2.45, 2.75) is 19.5 Å². The molecule has 1 aromatic rings. The number of hydrazine groups is 1. The second-order valence-corrected chi connectivity index (χ2v) is 5.26. The monoisotopic (exact) mass is 272 g/mol. The smallest absolute Gasteiger partial charge is 0.324 e. The Morgan fingerprint density at radius 1 is 1.26 bits per heavy atom. The number of hydrogen-bond acceptors (Lipinski definition) is 2. The van der Waals surface area contributed by atoms with Gasteiger partial charge >= 0.3 is 6.18 Å². The van der Waals surface area contributed by atoms with Gasteiger partial charge in [-0.25, -0.2) is 4.58 Å². The van der Waals surface area contributed by atoms with Gasteiger partial charge in [0.05, 0.1) is 6.42 Å².